The fourth-order valence-corrected chi connectivity index (χ4v) is 3.44. The summed E-state index contributed by atoms with van der Waals surface area (Å²) >= 11 is 0. The molecule has 0 saturated carbocycles. The van der Waals surface area contributed by atoms with E-state index in [-0.39, 0.29) is 17.9 Å². The van der Waals surface area contributed by atoms with E-state index in [0.717, 1.165) is 25.7 Å². The summed E-state index contributed by atoms with van der Waals surface area (Å²) in [6, 6.07) is -0.0663. The standard InChI is InChI=1S/C23H47NO2/c1-6-8-9-10-11-12-13-14-15-16-17-19-21(24)20(18-7-2)22(25)26-23(3,4)5/h20-21H,6-19,24H2,1-5H3/t20-,21-/m0/s1. The molecule has 0 aliphatic rings. The third kappa shape index (κ3) is 14.6. The number of ether oxygens (including phenoxy) is 1. The van der Waals surface area contributed by atoms with Crippen molar-refractivity contribution < 1.29 is 9.53 Å². The molecule has 0 aromatic carbocycles. The van der Waals surface area contributed by atoms with Crippen LogP contribution in [0.15, 0.2) is 0 Å². The quantitative estimate of drug-likeness (QED) is 0.241. The van der Waals surface area contributed by atoms with Gasteiger partial charge in [-0.3, -0.25) is 4.79 Å². The molecule has 2 N–H and O–H groups in total. The van der Waals surface area contributed by atoms with E-state index in [1.165, 1.54) is 64.2 Å². The van der Waals surface area contributed by atoms with E-state index in [0.29, 0.717) is 0 Å². The van der Waals surface area contributed by atoms with Gasteiger partial charge in [-0.15, -0.1) is 0 Å². The highest BCUT2D eigenvalue weighted by Crippen LogP contribution is 2.21. The second-order valence-corrected chi connectivity index (χ2v) is 8.92. The van der Waals surface area contributed by atoms with Crippen molar-refractivity contribution in [3.8, 4) is 0 Å². The molecule has 26 heavy (non-hydrogen) atoms. The van der Waals surface area contributed by atoms with Gasteiger partial charge in [0, 0.05) is 6.04 Å². The first-order valence-corrected chi connectivity index (χ1v) is 11.3. The molecule has 0 rings (SSSR count). The van der Waals surface area contributed by atoms with Crippen LogP contribution in [-0.2, 0) is 9.53 Å². The van der Waals surface area contributed by atoms with Crippen LogP contribution in [0.25, 0.3) is 0 Å². The van der Waals surface area contributed by atoms with Crippen LogP contribution in [0.3, 0.4) is 0 Å². The van der Waals surface area contributed by atoms with Crippen molar-refractivity contribution in [3.05, 3.63) is 0 Å². The van der Waals surface area contributed by atoms with E-state index >= 15 is 0 Å². The van der Waals surface area contributed by atoms with Crippen LogP contribution in [0.2, 0.25) is 0 Å². The summed E-state index contributed by atoms with van der Waals surface area (Å²) in [6.45, 7) is 10.1. The van der Waals surface area contributed by atoms with Crippen LogP contribution in [0.5, 0.6) is 0 Å². The van der Waals surface area contributed by atoms with Crippen molar-refractivity contribution >= 4 is 5.97 Å². The lowest BCUT2D eigenvalue weighted by atomic mass is 9.91. The van der Waals surface area contributed by atoms with E-state index in [9.17, 15) is 4.79 Å². The van der Waals surface area contributed by atoms with Gasteiger partial charge in [0.1, 0.15) is 5.60 Å². The van der Waals surface area contributed by atoms with E-state index < -0.39 is 5.60 Å². The van der Waals surface area contributed by atoms with Gasteiger partial charge in [-0.05, 0) is 33.6 Å². The topological polar surface area (TPSA) is 52.3 Å². The number of nitrogens with two attached hydrogens (primary N) is 1. The van der Waals surface area contributed by atoms with E-state index in [1.807, 2.05) is 20.8 Å². The van der Waals surface area contributed by atoms with Crippen LogP contribution in [-0.4, -0.2) is 17.6 Å². The van der Waals surface area contributed by atoms with E-state index in [4.69, 9.17) is 10.5 Å². The Bertz CT molecular complexity index is 336. The SMILES string of the molecule is CCCCCCCCCCCCC[C@H](N)[C@H](CCC)C(=O)OC(C)(C)C. The number of hydrogen-bond donors (Lipinski definition) is 1. The Labute approximate surface area is 163 Å². The maximum absolute atomic E-state index is 12.4. The van der Waals surface area contributed by atoms with E-state index in [1.54, 1.807) is 0 Å². The molecular formula is C23H47NO2. The zero-order chi connectivity index (χ0) is 19.8. The molecule has 156 valence electrons. The number of carbonyl (C=O) groups is 1. The first-order chi connectivity index (χ1) is 12.3. The molecule has 3 heteroatoms. The maximum Gasteiger partial charge on any atom is 0.311 e. The predicted octanol–water partition coefficient (Wildman–Crippen LogP) is 6.77. The number of carbonyl (C=O) groups excluding carboxylic acids is 1. The lowest BCUT2D eigenvalue weighted by Gasteiger charge is -2.27. The van der Waals surface area contributed by atoms with Gasteiger partial charge >= 0.3 is 5.97 Å². The zero-order valence-corrected chi connectivity index (χ0v) is 18.4. The lowest BCUT2D eigenvalue weighted by molar-refractivity contribution is -0.161. The molecule has 0 aliphatic carbocycles. The van der Waals surface area contributed by atoms with Crippen LogP contribution in [0.1, 0.15) is 125 Å². The van der Waals surface area contributed by atoms with Crippen LogP contribution >= 0.6 is 0 Å². The molecule has 2 atom stereocenters. The minimum atomic E-state index is -0.431. The highest BCUT2D eigenvalue weighted by atomic mass is 16.6. The van der Waals surface area contributed by atoms with Crippen molar-refractivity contribution in [2.24, 2.45) is 11.7 Å². The highest BCUT2D eigenvalue weighted by Gasteiger charge is 2.29. The minimum Gasteiger partial charge on any atom is -0.460 e. The summed E-state index contributed by atoms with van der Waals surface area (Å²) < 4.78 is 5.56. The Hall–Kier alpha value is -0.570. The average molecular weight is 370 g/mol. The van der Waals surface area contributed by atoms with Gasteiger partial charge in [0.2, 0.25) is 0 Å². The fourth-order valence-electron chi connectivity index (χ4n) is 3.44. The van der Waals surface area contributed by atoms with Crippen molar-refractivity contribution in [3.63, 3.8) is 0 Å². The Morgan fingerprint density at radius 2 is 1.23 bits per heavy atom. The van der Waals surface area contributed by atoms with E-state index in [2.05, 4.69) is 13.8 Å². The molecule has 0 fully saturated rings. The van der Waals surface area contributed by atoms with Gasteiger partial charge in [0.25, 0.3) is 0 Å². The summed E-state index contributed by atoms with van der Waals surface area (Å²) in [5, 5.41) is 0. The van der Waals surface area contributed by atoms with Gasteiger partial charge in [-0.2, -0.15) is 0 Å². The predicted molar refractivity (Wildman–Crippen MR) is 113 cm³/mol. The molecule has 0 heterocycles. The van der Waals surface area contributed by atoms with Crippen LogP contribution in [0.4, 0.5) is 0 Å². The molecule has 0 unspecified atom stereocenters. The van der Waals surface area contributed by atoms with Gasteiger partial charge in [0.15, 0.2) is 0 Å². The molecule has 0 bridgehead atoms. The average Bonchev–Trinajstić information content (AvgIpc) is 2.55. The molecule has 0 spiro atoms. The van der Waals surface area contributed by atoms with Crippen LogP contribution in [0, 0.1) is 5.92 Å². The summed E-state index contributed by atoms with van der Waals surface area (Å²) in [5.74, 6) is -0.266. The molecule has 0 amide bonds. The third-order valence-electron chi connectivity index (χ3n) is 4.97. The third-order valence-corrected chi connectivity index (χ3v) is 4.97. The molecule has 3 nitrogen and oxygen atoms in total. The normalized spacial score (nSPS) is 14.2. The highest BCUT2D eigenvalue weighted by molar-refractivity contribution is 5.73. The van der Waals surface area contributed by atoms with Crippen molar-refractivity contribution in [2.75, 3.05) is 0 Å². The Morgan fingerprint density at radius 3 is 1.65 bits per heavy atom. The summed E-state index contributed by atoms with van der Waals surface area (Å²) in [6.07, 6.45) is 17.4. The van der Waals surface area contributed by atoms with Crippen molar-refractivity contribution in [1.82, 2.24) is 0 Å². The summed E-state index contributed by atoms with van der Waals surface area (Å²) in [5.41, 5.74) is 5.91. The molecule has 0 aromatic rings. The second-order valence-electron chi connectivity index (χ2n) is 8.92. The summed E-state index contributed by atoms with van der Waals surface area (Å²) in [7, 11) is 0. The zero-order valence-electron chi connectivity index (χ0n) is 18.4. The van der Waals surface area contributed by atoms with Gasteiger partial charge < -0.3 is 10.5 Å². The maximum atomic E-state index is 12.4. The second kappa shape index (κ2) is 15.5. The molecule has 0 aliphatic heterocycles. The van der Waals surface area contributed by atoms with Gasteiger partial charge in [-0.1, -0.05) is 90.9 Å². The van der Waals surface area contributed by atoms with Crippen molar-refractivity contribution in [2.45, 2.75) is 136 Å². The lowest BCUT2D eigenvalue weighted by Crippen LogP contribution is -2.39. The number of rotatable bonds is 16. The molecule has 0 saturated heterocycles. The number of esters is 1. The first-order valence-electron chi connectivity index (χ1n) is 11.3. The number of unbranched alkanes of at least 4 members (excludes halogenated alkanes) is 10. The van der Waals surface area contributed by atoms with Crippen LogP contribution < -0.4 is 5.73 Å². The summed E-state index contributed by atoms with van der Waals surface area (Å²) in [4.78, 5) is 12.4. The first kappa shape index (κ1) is 25.4. The monoisotopic (exact) mass is 369 g/mol. The van der Waals surface area contributed by atoms with Gasteiger partial charge in [0.05, 0.1) is 5.92 Å². The van der Waals surface area contributed by atoms with Crippen molar-refractivity contribution in [1.29, 1.82) is 0 Å². The minimum absolute atomic E-state index is 0.0663. The molecule has 0 aromatic heterocycles. The molecular weight excluding hydrogens is 322 g/mol. The Balaban J connectivity index is 3.83. The smallest absolute Gasteiger partial charge is 0.311 e. The molecule has 0 radical (unpaired) electrons. The number of hydrogen-bond acceptors (Lipinski definition) is 3. The fraction of sp³-hybridized carbons (Fsp3) is 0.957. The Morgan fingerprint density at radius 1 is 0.769 bits per heavy atom. The van der Waals surface area contributed by atoms with Gasteiger partial charge in [-0.25, -0.2) is 0 Å². The largest absolute Gasteiger partial charge is 0.460 e. The Kier molecular flexibility index (Phi) is 15.1.